The fourth-order valence-electron chi connectivity index (χ4n) is 1.92. The topological polar surface area (TPSA) is 69.6 Å². The molecule has 0 aliphatic heterocycles. The van der Waals surface area contributed by atoms with E-state index in [2.05, 4.69) is 47.4 Å². The van der Waals surface area contributed by atoms with Crippen LogP contribution >= 0.6 is 43.5 Å². The van der Waals surface area contributed by atoms with Crippen molar-refractivity contribution in [3.8, 4) is 17.1 Å². The second-order valence-corrected chi connectivity index (χ2v) is 6.49. The molecule has 0 aliphatic carbocycles. The predicted molar refractivity (Wildman–Crippen MR) is 89.4 cm³/mol. The molecule has 3 rings (SSSR count). The lowest BCUT2D eigenvalue weighted by atomic mass is 10.2. The van der Waals surface area contributed by atoms with E-state index < -0.39 is 0 Å². The van der Waals surface area contributed by atoms with E-state index in [1.54, 1.807) is 22.9 Å². The second kappa shape index (κ2) is 5.75. The Morgan fingerprint density at radius 2 is 1.90 bits per heavy atom. The molecule has 0 unspecified atom stereocenters. The minimum atomic E-state index is 0.535. The zero-order chi connectivity index (χ0) is 15.0. The molecular formula is C13H8Br2ClN5. The van der Waals surface area contributed by atoms with Crippen molar-refractivity contribution in [1.29, 1.82) is 0 Å². The van der Waals surface area contributed by atoms with Crippen LogP contribution in [0.5, 0.6) is 0 Å². The normalized spacial score (nSPS) is 10.8. The van der Waals surface area contributed by atoms with Crippen molar-refractivity contribution in [2.75, 3.05) is 5.73 Å². The summed E-state index contributed by atoms with van der Waals surface area (Å²) in [6, 6.07) is 11.0. The smallest absolute Gasteiger partial charge is 0.187 e. The number of hydrogen-bond donors (Lipinski definition) is 1. The molecule has 0 aliphatic rings. The van der Waals surface area contributed by atoms with E-state index in [0.29, 0.717) is 16.5 Å². The average molecular weight is 430 g/mol. The van der Waals surface area contributed by atoms with Crippen molar-refractivity contribution < 1.29 is 0 Å². The summed E-state index contributed by atoms with van der Waals surface area (Å²) < 4.78 is 3.42. The predicted octanol–water partition coefficient (Wildman–Crippen LogP) is 4.09. The second-order valence-electron chi connectivity index (χ2n) is 4.28. The Kier molecular flexibility index (Phi) is 3.97. The molecule has 1 heterocycles. The van der Waals surface area contributed by atoms with Crippen LogP contribution in [0.2, 0.25) is 5.02 Å². The monoisotopic (exact) mass is 427 g/mol. The maximum atomic E-state index is 6.05. The SMILES string of the molecule is Nc1cc(Cl)cc(-c2nnnn2-c2cc(Br)ccc2Br)c1. The first kappa shape index (κ1) is 14.5. The number of anilines is 1. The number of tetrazole rings is 1. The number of nitrogens with two attached hydrogens (primary N) is 1. The van der Waals surface area contributed by atoms with Crippen LogP contribution in [-0.4, -0.2) is 20.2 Å². The first-order chi connectivity index (χ1) is 10.0. The Bertz CT molecular complexity index is 798. The van der Waals surface area contributed by atoms with Gasteiger partial charge in [-0.05, 0) is 62.8 Å². The van der Waals surface area contributed by atoms with Crippen molar-refractivity contribution in [1.82, 2.24) is 20.2 Å². The first-order valence-electron chi connectivity index (χ1n) is 5.85. The van der Waals surface area contributed by atoms with E-state index in [1.165, 1.54) is 0 Å². The lowest BCUT2D eigenvalue weighted by molar-refractivity contribution is 0.788. The molecule has 0 saturated heterocycles. The summed E-state index contributed by atoms with van der Waals surface area (Å²) in [5, 5.41) is 12.4. The van der Waals surface area contributed by atoms with Crippen LogP contribution in [0.3, 0.4) is 0 Å². The van der Waals surface area contributed by atoms with Crippen molar-refractivity contribution in [2.45, 2.75) is 0 Å². The van der Waals surface area contributed by atoms with Crippen molar-refractivity contribution in [3.05, 3.63) is 50.4 Å². The molecule has 0 bridgehead atoms. The minimum Gasteiger partial charge on any atom is -0.399 e. The molecule has 5 nitrogen and oxygen atoms in total. The van der Waals surface area contributed by atoms with Gasteiger partial charge in [-0.2, -0.15) is 4.68 Å². The quantitative estimate of drug-likeness (QED) is 0.623. The summed E-state index contributed by atoms with van der Waals surface area (Å²) in [7, 11) is 0. The van der Waals surface area contributed by atoms with Gasteiger partial charge in [-0.15, -0.1) is 5.10 Å². The number of halogens is 3. The Labute approximate surface area is 142 Å². The molecule has 0 radical (unpaired) electrons. The number of nitrogens with zero attached hydrogens (tertiary/aromatic N) is 4. The third kappa shape index (κ3) is 2.95. The standard InChI is InChI=1S/C13H8Br2ClN5/c14-8-1-2-11(15)12(5-8)21-13(18-19-20-21)7-3-9(16)6-10(17)4-7/h1-6H,17H2. The molecule has 0 saturated carbocycles. The Morgan fingerprint density at radius 1 is 1.10 bits per heavy atom. The summed E-state index contributed by atoms with van der Waals surface area (Å²) >= 11 is 13.0. The molecule has 106 valence electrons. The molecule has 0 spiro atoms. The molecule has 0 atom stereocenters. The van der Waals surface area contributed by atoms with Crippen LogP contribution < -0.4 is 5.73 Å². The molecule has 2 aromatic carbocycles. The number of rotatable bonds is 2. The zero-order valence-electron chi connectivity index (χ0n) is 10.5. The molecule has 0 amide bonds. The van der Waals surface area contributed by atoms with E-state index >= 15 is 0 Å². The first-order valence-corrected chi connectivity index (χ1v) is 7.81. The Balaban J connectivity index is 2.19. The Hall–Kier alpha value is -1.44. The van der Waals surface area contributed by atoms with E-state index in [9.17, 15) is 0 Å². The maximum Gasteiger partial charge on any atom is 0.187 e. The van der Waals surface area contributed by atoms with E-state index in [0.717, 1.165) is 20.2 Å². The van der Waals surface area contributed by atoms with Gasteiger partial charge >= 0.3 is 0 Å². The summed E-state index contributed by atoms with van der Waals surface area (Å²) in [4.78, 5) is 0. The summed E-state index contributed by atoms with van der Waals surface area (Å²) in [6.45, 7) is 0. The molecule has 0 fully saturated rings. The largest absolute Gasteiger partial charge is 0.399 e. The Morgan fingerprint density at radius 3 is 2.67 bits per heavy atom. The van der Waals surface area contributed by atoms with Gasteiger partial charge in [0, 0.05) is 25.2 Å². The number of aromatic nitrogens is 4. The van der Waals surface area contributed by atoms with Crippen LogP contribution in [0.25, 0.3) is 17.1 Å². The highest BCUT2D eigenvalue weighted by Gasteiger charge is 2.14. The highest BCUT2D eigenvalue weighted by Crippen LogP contribution is 2.29. The molecule has 8 heteroatoms. The molecular weight excluding hydrogens is 421 g/mol. The van der Waals surface area contributed by atoms with E-state index in [-0.39, 0.29) is 0 Å². The summed E-state index contributed by atoms with van der Waals surface area (Å²) in [5.74, 6) is 0.558. The van der Waals surface area contributed by atoms with Crippen LogP contribution in [-0.2, 0) is 0 Å². The summed E-state index contributed by atoms with van der Waals surface area (Å²) in [6.07, 6.45) is 0. The fourth-order valence-corrected chi connectivity index (χ4v) is 2.93. The molecule has 1 aromatic heterocycles. The van der Waals surface area contributed by atoms with Crippen LogP contribution in [0, 0.1) is 0 Å². The molecule has 3 aromatic rings. The lowest BCUT2D eigenvalue weighted by Gasteiger charge is -2.08. The van der Waals surface area contributed by atoms with E-state index in [4.69, 9.17) is 17.3 Å². The number of benzene rings is 2. The van der Waals surface area contributed by atoms with Gasteiger partial charge in [-0.25, -0.2) is 0 Å². The van der Waals surface area contributed by atoms with E-state index in [1.807, 2.05) is 18.2 Å². The number of nitrogen functional groups attached to an aromatic ring is 1. The minimum absolute atomic E-state index is 0.535. The summed E-state index contributed by atoms with van der Waals surface area (Å²) in [5.41, 5.74) is 7.94. The lowest BCUT2D eigenvalue weighted by Crippen LogP contribution is -2.01. The molecule has 2 N–H and O–H groups in total. The third-order valence-electron chi connectivity index (χ3n) is 2.78. The van der Waals surface area contributed by atoms with Crippen LogP contribution in [0.15, 0.2) is 45.3 Å². The highest BCUT2D eigenvalue weighted by molar-refractivity contribution is 9.11. The van der Waals surface area contributed by atoms with Crippen LogP contribution in [0.4, 0.5) is 5.69 Å². The van der Waals surface area contributed by atoms with Gasteiger partial charge in [0.15, 0.2) is 5.82 Å². The van der Waals surface area contributed by atoms with Gasteiger partial charge in [-0.1, -0.05) is 27.5 Å². The zero-order valence-corrected chi connectivity index (χ0v) is 14.4. The molecule has 21 heavy (non-hydrogen) atoms. The number of hydrogen-bond acceptors (Lipinski definition) is 4. The van der Waals surface area contributed by atoms with Gasteiger partial charge in [0.05, 0.1) is 5.69 Å². The fraction of sp³-hybridized carbons (Fsp3) is 0. The van der Waals surface area contributed by atoms with Crippen molar-refractivity contribution in [2.24, 2.45) is 0 Å². The maximum absolute atomic E-state index is 6.05. The van der Waals surface area contributed by atoms with Crippen LogP contribution in [0.1, 0.15) is 0 Å². The van der Waals surface area contributed by atoms with Crippen molar-refractivity contribution >= 4 is 49.1 Å². The van der Waals surface area contributed by atoms with Gasteiger partial charge in [0.2, 0.25) is 0 Å². The average Bonchev–Trinajstić information content (AvgIpc) is 2.89. The third-order valence-corrected chi connectivity index (χ3v) is 4.17. The van der Waals surface area contributed by atoms with Crippen molar-refractivity contribution in [3.63, 3.8) is 0 Å². The van der Waals surface area contributed by atoms with Gasteiger partial charge in [0.25, 0.3) is 0 Å². The van der Waals surface area contributed by atoms with Gasteiger partial charge in [0.1, 0.15) is 0 Å². The van der Waals surface area contributed by atoms with Gasteiger partial charge in [-0.3, -0.25) is 0 Å². The highest BCUT2D eigenvalue weighted by atomic mass is 79.9. The van der Waals surface area contributed by atoms with Gasteiger partial charge < -0.3 is 5.73 Å².